The molecule has 6 atom stereocenters. The molecule has 3 fully saturated rings. The second kappa shape index (κ2) is 10.9. The molecule has 1 aliphatic heterocycles. The molecule has 4 aliphatic rings. The molecule has 1 aromatic rings. The molecular weight excluding hydrogens is 554 g/mol. The van der Waals surface area contributed by atoms with E-state index < -0.39 is 64.4 Å². The lowest BCUT2D eigenvalue weighted by atomic mass is 9.52. The first kappa shape index (κ1) is 29.8. The number of hydrogen-bond acceptors (Lipinski definition) is 10. The molecule has 12 heteroatoms. The van der Waals surface area contributed by atoms with Gasteiger partial charge in [-0.05, 0) is 88.3 Å². The Morgan fingerprint density at radius 1 is 1.17 bits per heavy atom. The molecule has 222 valence electrons. The van der Waals surface area contributed by atoms with Crippen molar-refractivity contribution in [3.8, 4) is 5.75 Å². The highest BCUT2D eigenvalue weighted by molar-refractivity contribution is 6.34. The van der Waals surface area contributed by atoms with Crippen LogP contribution in [0.15, 0.2) is 6.07 Å². The number of primary amides is 1. The maximum Gasteiger partial charge on any atom is 0.235 e. The Bertz CT molecular complexity index is 1320. The number of hydrogen-bond donors (Lipinski definition) is 4. The van der Waals surface area contributed by atoms with E-state index in [1.54, 1.807) is 14.1 Å². The Balaban J connectivity index is 1.49. The van der Waals surface area contributed by atoms with E-state index in [1.807, 2.05) is 0 Å². The summed E-state index contributed by atoms with van der Waals surface area (Å²) in [4.78, 5) is 70.0. The molecule has 5 N–H and O–H groups in total. The first-order valence-corrected chi connectivity index (χ1v) is 14.4. The summed E-state index contributed by atoms with van der Waals surface area (Å²) in [5, 5.41) is 32.2. The van der Waals surface area contributed by atoms with Crippen molar-refractivity contribution in [1.29, 1.82) is 0 Å². The van der Waals surface area contributed by atoms with E-state index in [-0.39, 0.29) is 30.8 Å². The fourth-order valence-electron chi connectivity index (χ4n) is 7.68. The number of nitrogens with zero attached hydrogens (tertiary/aromatic N) is 2. The lowest BCUT2D eigenvalue weighted by Crippen LogP contribution is -2.74. The van der Waals surface area contributed by atoms with Crippen LogP contribution in [0, 0.1) is 29.6 Å². The molecule has 0 radical (unpaired) electrons. The molecule has 2 saturated carbocycles. The van der Waals surface area contributed by atoms with Crippen LogP contribution in [-0.2, 0) is 32.1 Å². The molecule has 3 aliphatic carbocycles. The molecule has 1 amide bonds. The Morgan fingerprint density at radius 2 is 1.83 bits per heavy atom. The van der Waals surface area contributed by atoms with Crippen LogP contribution in [0.25, 0.3) is 0 Å². The van der Waals surface area contributed by atoms with Crippen LogP contribution in [0.5, 0.6) is 5.75 Å². The largest absolute Gasteiger partial charge is 0.507 e. The minimum Gasteiger partial charge on any atom is -0.507 e. The maximum atomic E-state index is 13.9. The number of phenolic OH excluding ortho intramolecular Hbond substituents is 1. The summed E-state index contributed by atoms with van der Waals surface area (Å²) in [7, 11) is 3.09. The van der Waals surface area contributed by atoms with Crippen LogP contribution in [0.3, 0.4) is 0 Å². The number of phenols is 1. The smallest absolute Gasteiger partial charge is 0.235 e. The van der Waals surface area contributed by atoms with Crippen molar-refractivity contribution in [2.45, 2.75) is 50.3 Å². The van der Waals surface area contributed by atoms with Crippen LogP contribution >= 0.6 is 11.6 Å². The van der Waals surface area contributed by atoms with Crippen molar-refractivity contribution >= 4 is 40.6 Å². The average molecular weight is 590 g/mol. The van der Waals surface area contributed by atoms with Gasteiger partial charge in [0.25, 0.3) is 0 Å². The summed E-state index contributed by atoms with van der Waals surface area (Å²) < 4.78 is 0. The number of aliphatic hydroxyl groups excluding tert-OH is 1. The minimum absolute atomic E-state index is 0.0242. The number of likely N-dealkylation sites (tertiary alicyclic amines) is 1. The van der Waals surface area contributed by atoms with Gasteiger partial charge in [0, 0.05) is 24.1 Å². The normalized spacial score (nSPS) is 32.6. The Labute approximate surface area is 242 Å². The van der Waals surface area contributed by atoms with Crippen molar-refractivity contribution in [2.24, 2.45) is 35.3 Å². The van der Waals surface area contributed by atoms with Crippen LogP contribution < -0.4 is 5.73 Å². The van der Waals surface area contributed by atoms with Crippen LogP contribution in [0.1, 0.15) is 47.2 Å². The summed E-state index contributed by atoms with van der Waals surface area (Å²) in [5.41, 5.74) is 3.54. The van der Waals surface area contributed by atoms with E-state index in [2.05, 4.69) is 4.90 Å². The monoisotopic (exact) mass is 589 g/mol. The molecule has 11 nitrogen and oxygen atoms in total. The highest BCUT2D eigenvalue weighted by atomic mass is 35.5. The van der Waals surface area contributed by atoms with E-state index in [0.29, 0.717) is 28.6 Å². The third-order valence-electron chi connectivity index (χ3n) is 9.71. The number of carbonyl (C=O) groups is 5. The molecule has 1 aromatic carbocycles. The van der Waals surface area contributed by atoms with Gasteiger partial charge >= 0.3 is 0 Å². The number of rotatable bonds is 6. The maximum absolute atomic E-state index is 13.9. The molecule has 1 saturated heterocycles. The quantitative estimate of drug-likeness (QED) is 0.333. The van der Waals surface area contributed by atoms with Crippen molar-refractivity contribution in [1.82, 2.24) is 9.80 Å². The fourth-order valence-corrected chi connectivity index (χ4v) is 7.97. The van der Waals surface area contributed by atoms with Crippen LogP contribution in [0.2, 0.25) is 5.02 Å². The van der Waals surface area contributed by atoms with E-state index in [0.717, 1.165) is 32.4 Å². The van der Waals surface area contributed by atoms with Gasteiger partial charge < -0.3 is 21.1 Å². The van der Waals surface area contributed by atoms with Crippen molar-refractivity contribution < 1.29 is 39.3 Å². The van der Waals surface area contributed by atoms with Crippen LogP contribution in [0.4, 0.5) is 0 Å². The number of ketones is 4. The second-order valence-corrected chi connectivity index (χ2v) is 12.6. The number of fused-ring (bicyclic) bond motifs is 3. The van der Waals surface area contributed by atoms with Gasteiger partial charge in [-0.15, -0.1) is 0 Å². The number of nitrogens with two attached hydrogens (primary N) is 1. The highest BCUT2D eigenvalue weighted by Crippen LogP contribution is 2.51. The van der Waals surface area contributed by atoms with Gasteiger partial charge in [0.2, 0.25) is 5.91 Å². The van der Waals surface area contributed by atoms with Crippen molar-refractivity contribution in [3.05, 3.63) is 27.8 Å². The lowest BCUT2D eigenvalue weighted by Gasteiger charge is -2.52. The Hall–Kier alpha value is -2.70. The predicted molar refractivity (Wildman–Crippen MR) is 146 cm³/mol. The van der Waals surface area contributed by atoms with Crippen molar-refractivity contribution in [2.75, 3.05) is 33.8 Å². The number of benzene rings is 1. The zero-order chi connectivity index (χ0) is 30.0. The van der Waals surface area contributed by atoms with Crippen molar-refractivity contribution in [3.63, 3.8) is 0 Å². The number of aliphatic hydroxyl groups is 2. The molecule has 0 aromatic heterocycles. The van der Waals surface area contributed by atoms with Gasteiger partial charge in [0.15, 0.2) is 34.7 Å². The third kappa shape index (κ3) is 4.62. The number of halogens is 1. The predicted octanol–water partition coefficient (Wildman–Crippen LogP) is 0.115. The molecule has 0 spiro atoms. The van der Waals surface area contributed by atoms with Gasteiger partial charge in [-0.3, -0.25) is 33.8 Å². The zero-order valence-corrected chi connectivity index (χ0v) is 23.9. The van der Waals surface area contributed by atoms with Gasteiger partial charge in [-0.25, -0.2) is 0 Å². The molecule has 2 unspecified atom stereocenters. The van der Waals surface area contributed by atoms with Gasteiger partial charge in [0.1, 0.15) is 5.75 Å². The molecule has 5 rings (SSSR count). The second-order valence-electron chi connectivity index (χ2n) is 12.2. The molecule has 1 heterocycles. The Morgan fingerprint density at radius 3 is 2.41 bits per heavy atom. The van der Waals surface area contributed by atoms with E-state index in [4.69, 9.17) is 17.3 Å². The zero-order valence-electron chi connectivity index (χ0n) is 23.1. The van der Waals surface area contributed by atoms with E-state index in [1.165, 1.54) is 11.0 Å². The van der Waals surface area contributed by atoms with E-state index >= 15 is 0 Å². The topological polar surface area (TPSA) is 179 Å². The summed E-state index contributed by atoms with van der Waals surface area (Å²) in [5.74, 6) is -10.3. The standard InChI is InChI=1S/C29H36ClN3O8/c1-32(2)23-17-10-14-9-16-20(18(35)11-15(22(16)30)12-33-6-3-13(4-7-33)5-8-34)24(36)19(14)26(38)29(17,41)27(39)21(25(23)37)28(31)40/h11,13-14,17,19,21,23,34-35,41H,3-10,12H2,1-2H3,(H2,31,40)/t14-,17-,19?,21?,23-,29-/m0/s1. The number of amides is 1. The lowest BCUT2D eigenvalue weighted by molar-refractivity contribution is -0.181. The van der Waals surface area contributed by atoms with Crippen LogP contribution in [-0.4, -0.2) is 99.6 Å². The van der Waals surface area contributed by atoms with E-state index in [9.17, 15) is 39.3 Å². The summed E-state index contributed by atoms with van der Waals surface area (Å²) in [6.45, 7) is 2.22. The number of Topliss-reactive ketones (excluding diaryl/α,β-unsaturated/α-hetero) is 4. The van der Waals surface area contributed by atoms with Gasteiger partial charge in [-0.1, -0.05) is 11.6 Å². The molecule has 0 bridgehead atoms. The third-order valence-corrected chi connectivity index (χ3v) is 10.2. The SMILES string of the molecule is CN(C)[C@@H]1C(=O)C(C(N)=O)C(=O)[C@@]2(O)C(=O)C3C(=O)c4c(O)cc(CN5CCC(CCO)CC5)c(Cl)c4C[C@H]3C[C@@H]12. The highest BCUT2D eigenvalue weighted by Gasteiger charge is 2.69. The fraction of sp³-hybridized carbons (Fsp3) is 0.621. The number of aromatic hydroxyl groups is 1. The van der Waals surface area contributed by atoms with Gasteiger partial charge in [0.05, 0.1) is 17.5 Å². The molecule has 41 heavy (non-hydrogen) atoms. The summed E-state index contributed by atoms with van der Waals surface area (Å²) in [6, 6.07) is 0.278. The Kier molecular flexibility index (Phi) is 7.88. The number of piperidine rings is 1. The summed E-state index contributed by atoms with van der Waals surface area (Å²) in [6.07, 6.45) is 2.74. The minimum atomic E-state index is -2.75. The van der Waals surface area contributed by atoms with Gasteiger partial charge in [-0.2, -0.15) is 0 Å². The first-order valence-electron chi connectivity index (χ1n) is 14.0. The molecular formula is C29H36ClN3O8. The number of carbonyl (C=O) groups excluding carboxylic acids is 5. The average Bonchev–Trinajstić information content (AvgIpc) is 2.90. The first-order chi connectivity index (χ1) is 19.3. The summed E-state index contributed by atoms with van der Waals surface area (Å²) >= 11 is 6.85. The number of likely N-dealkylation sites (N-methyl/N-ethyl adjacent to an activating group) is 1.